The zero-order chi connectivity index (χ0) is 15.3. The van der Waals surface area contributed by atoms with E-state index in [9.17, 15) is 23.7 Å². The van der Waals surface area contributed by atoms with Crippen LogP contribution in [0.4, 0.5) is 14.5 Å². The van der Waals surface area contributed by atoms with E-state index < -0.39 is 40.7 Å². The third-order valence-electron chi connectivity index (χ3n) is 2.35. The van der Waals surface area contributed by atoms with Gasteiger partial charge in [-0.25, -0.2) is 13.8 Å². The van der Waals surface area contributed by atoms with Crippen molar-refractivity contribution in [1.82, 2.24) is 4.98 Å². The van der Waals surface area contributed by atoms with Crippen molar-refractivity contribution in [2.45, 2.75) is 19.8 Å². The minimum absolute atomic E-state index is 0.0419. The van der Waals surface area contributed by atoms with E-state index in [1.54, 1.807) is 0 Å². The molecular formula is C11H12F2N2O5. The van der Waals surface area contributed by atoms with Crippen molar-refractivity contribution in [3.63, 3.8) is 0 Å². The van der Waals surface area contributed by atoms with Gasteiger partial charge in [0, 0.05) is 0 Å². The molecule has 0 aromatic carbocycles. The van der Waals surface area contributed by atoms with Crippen LogP contribution >= 0.6 is 0 Å². The first-order chi connectivity index (χ1) is 9.40. The SMILES string of the molecule is CCOC(=O)Cc1c([N+](=O)[O-])cc(OC)nc1C(F)F. The molecule has 0 spiro atoms. The monoisotopic (exact) mass is 290 g/mol. The quantitative estimate of drug-likeness (QED) is 0.452. The number of rotatable bonds is 6. The third kappa shape index (κ3) is 3.59. The van der Waals surface area contributed by atoms with Crippen molar-refractivity contribution >= 4 is 11.7 Å². The van der Waals surface area contributed by atoms with Gasteiger partial charge >= 0.3 is 5.97 Å². The summed E-state index contributed by atoms with van der Waals surface area (Å²) in [4.78, 5) is 24.9. The number of carbonyl (C=O) groups excluding carboxylic acids is 1. The molecule has 0 atom stereocenters. The average molecular weight is 290 g/mol. The standard InChI is InChI=1S/C11H12F2N2O5/c1-3-20-9(16)4-6-7(15(17)18)5-8(19-2)14-10(6)11(12)13/h5,11H,3-4H2,1-2H3. The van der Waals surface area contributed by atoms with Gasteiger partial charge in [0.25, 0.3) is 12.1 Å². The van der Waals surface area contributed by atoms with Gasteiger partial charge < -0.3 is 9.47 Å². The number of ether oxygens (including phenoxy) is 2. The number of hydrogen-bond acceptors (Lipinski definition) is 6. The number of carbonyl (C=O) groups is 1. The summed E-state index contributed by atoms with van der Waals surface area (Å²) >= 11 is 0. The number of alkyl halides is 2. The van der Waals surface area contributed by atoms with Crippen LogP contribution in [0.2, 0.25) is 0 Å². The summed E-state index contributed by atoms with van der Waals surface area (Å²) < 4.78 is 35.1. The lowest BCUT2D eigenvalue weighted by Gasteiger charge is -2.10. The van der Waals surface area contributed by atoms with Crippen molar-refractivity contribution in [3.05, 3.63) is 27.4 Å². The van der Waals surface area contributed by atoms with Crippen LogP contribution < -0.4 is 4.74 Å². The normalized spacial score (nSPS) is 10.4. The Hall–Kier alpha value is -2.32. The summed E-state index contributed by atoms with van der Waals surface area (Å²) in [6, 6.07) is 0.889. The number of halogens is 2. The van der Waals surface area contributed by atoms with Crippen molar-refractivity contribution in [2.24, 2.45) is 0 Å². The highest BCUT2D eigenvalue weighted by molar-refractivity contribution is 5.74. The molecule has 0 aliphatic rings. The van der Waals surface area contributed by atoms with Crippen molar-refractivity contribution in [1.29, 1.82) is 0 Å². The highest BCUT2D eigenvalue weighted by Gasteiger charge is 2.28. The van der Waals surface area contributed by atoms with E-state index in [2.05, 4.69) is 14.5 Å². The second-order valence-electron chi connectivity index (χ2n) is 3.59. The maximum atomic E-state index is 12.9. The number of pyridine rings is 1. The van der Waals surface area contributed by atoms with Crippen LogP contribution in [-0.4, -0.2) is 29.6 Å². The van der Waals surface area contributed by atoms with Gasteiger partial charge in [-0.15, -0.1) is 0 Å². The predicted octanol–water partition coefficient (Wildman–Crippen LogP) is 2.04. The minimum Gasteiger partial charge on any atom is -0.481 e. The van der Waals surface area contributed by atoms with Crippen LogP contribution in [0.1, 0.15) is 24.6 Å². The number of methoxy groups -OCH3 is 1. The van der Waals surface area contributed by atoms with Crippen molar-refractivity contribution in [3.8, 4) is 5.88 Å². The lowest BCUT2D eigenvalue weighted by atomic mass is 10.1. The Bertz CT molecular complexity index is 522. The molecule has 1 heterocycles. The summed E-state index contributed by atoms with van der Waals surface area (Å²) in [6.07, 6.45) is -3.73. The number of esters is 1. The summed E-state index contributed by atoms with van der Waals surface area (Å²) in [5.41, 5.74) is -1.98. The molecule has 0 unspecified atom stereocenters. The Morgan fingerprint density at radius 2 is 2.20 bits per heavy atom. The molecule has 110 valence electrons. The predicted molar refractivity (Wildman–Crippen MR) is 62.7 cm³/mol. The second-order valence-corrected chi connectivity index (χ2v) is 3.59. The summed E-state index contributed by atoms with van der Waals surface area (Å²) in [5, 5.41) is 10.9. The summed E-state index contributed by atoms with van der Waals surface area (Å²) in [6.45, 7) is 1.58. The first-order valence-electron chi connectivity index (χ1n) is 5.56. The highest BCUT2D eigenvalue weighted by atomic mass is 19.3. The van der Waals surface area contributed by atoms with Gasteiger partial charge in [0.15, 0.2) is 0 Å². The highest BCUT2D eigenvalue weighted by Crippen LogP contribution is 2.32. The van der Waals surface area contributed by atoms with Crippen LogP contribution in [0.25, 0.3) is 0 Å². The van der Waals surface area contributed by atoms with Gasteiger partial charge in [-0.05, 0) is 6.92 Å². The van der Waals surface area contributed by atoms with E-state index in [4.69, 9.17) is 0 Å². The molecule has 1 rings (SSSR count). The van der Waals surface area contributed by atoms with Crippen LogP contribution in [-0.2, 0) is 16.0 Å². The molecule has 20 heavy (non-hydrogen) atoms. The molecule has 0 aliphatic heterocycles. The Morgan fingerprint density at radius 1 is 1.55 bits per heavy atom. The van der Waals surface area contributed by atoms with Gasteiger partial charge in [0.05, 0.1) is 36.7 Å². The lowest BCUT2D eigenvalue weighted by molar-refractivity contribution is -0.385. The smallest absolute Gasteiger partial charge is 0.310 e. The van der Waals surface area contributed by atoms with Crippen LogP contribution in [0.3, 0.4) is 0 Å². The lowest BCUT2D eigenvalue weighted by Crippen LogP contribution is -2.13. The van der Waals surface area contributed by atoms with Crippen LogP contribution in [0, 0.1) is 10.1 Å². The fourth-order valence-electron chi connectivity index (χ4n) is 1.54. The fraction of sp³-hybridized carbons (Fsp3) is 0.455. The maximum Gasteiger partial charge on any atom is 0.310 e. The van der Waals surface area contributed by atoms with Crippen LogP contribution in [0.15, 0.2) is 6.07 Å². The van der Waals surface area contributed by atoms with E-state index in [0.717, 1.165) is 13.2 Å². The zero-order valence-electron chi connectivity index (χ0n) is 10.8. The second kappa shape index (κ2) is 6.73. The van der Waals surface area contributed by atoms with Gasteiger partial charge in [-0.1, -0.05) is 0 Å². The molecule has 0 bridgehead atoms. The van der Waals surface area contributed by atoms with Crippen LogP contribution in [0.5, 0.6) is 5.88 Å². The topological polar surface area (TPSA) is 91.6 Å². The molecule has 0 aliphatic carbocycles. The van der Waals surface area contributed by atoms with Crippen molar-refractivity contribution in [2.75, 3.05) is 13.7 Å². The van der Waals surface area contributed by atoms with E-state index in [1.807, 2.05) is 0 Å². The Kier molecular flexibility index (Phi) is 5.30. The first-order valence-corrected chi connectivity index (χ1v) is 5.56. The van der Waals surface area contributed by atoms with Gasteiger partial charge in [-0.3, -0.25) is 14.9 Å². The first kappa shape index (κ1) is 15.7. The average Bonchev–Trinajstić information content (AvgIpc) is 2.38. The summed E-state index contributed by atoms with van der Waals surface area (Å²) in [5.74, 6) is -1.16. The fourth-order valence-corrected chi connectivity index (χ4v) is 1.54. The zero-order valence-corrected chi connectivity index (χ0v) is 10.8. The Balaban J connectivity index is 3.35. The third-order valence-corrected chi connectivity index (χ3v) is 2.35. The van der Waals surface area contributed by atoms with E-state index in [-0.39, 0.29) is 12.5 Å². The minimum atomic E-state index is -3.08. The number of hydrogen-bond donors (Lipinski definition) is 0. The maximum absolute atomic E-state index is 12.9. The number of aromatic nitrogens is 1. The molecule has 0 amide bonds. The molecule has 0 N–H and O–H groups in total. The number of nitrogens with zero attached hydrogens (tertiary/aromatic N) is 2. The molecule has 0 fully saturated rings. The largest absolute Gasteiger partial charge is 0.481 e. The Morgan fingerprint density at radius 3 is 2.65 bits per heavy atom. The van der Waals surface area contributed by atoms with Crippen molar-refractivity contribution < 1.29 is 28.0 Å². The molecule has 7 nitrogen and oxygen atoms in total. The Labute approximate surface area is 112 Å². The molecule has 0 saturated heterocycles. The van der Waals surface area contributed by atoms with E-state index in [1.165, 1.54) is 6.92 Å². The van der Waals surface area contributed by atoms with Gasteiger partial charge in [0.2, 0.25) is 5.88 Å². The van der Waals surface area contributed by atoms with Gasteiger partial charge in [0.1, 0.15) is 5.69 Å². The molecule has 0 radical (unpaired) electrons. The van der Waals surface area contributed by atoms with Gasteiger partial charge in [-0.2, -0.15) is 0 Å². The number of nitro groups is 1. The molecular weight excluding hydrogens is 278 g/mol. The summed E-state index contributed by atoms with van der Waals surface area (Å²) in [7, 11) is 1.15. The molecule has 9 heteroatoms. The van der Waals surface area contributed by atoms with E-state index in [0.29, 0.717) is 0 Å². The molecule has 1 aromatic heterocycles. The molecule has 0 saturated carbocycles. The van der Waals surface area contributed by atoms with E-state index >= 15 is 0 Å². The molecule has 1 aromatic rings.